The van der Waals surface area contributed by atoms with E-state index in [-0.39, 0.29) is 17.7 Å². The van der Waals surface area contributed by atoms with Crippen molar-refractivity contribution < 1.29 is 14.4 Å². The highest BCUT2D eigenvalue weighted by Gasteiger charge is 2.28. The van der Waals surface area contributed by atoms with Crippen LogP contribution >= 0.6 is 22.7 Å². The molecule has 3 N–H and O–H groups in total. The zero-order valence-electron chi connectivity index (χ0n) is 30.3. The third-order valence-corrected chi connectivity index (χ3v) is 11.3. The maximum absolute atomic E-state index is 13.0. The summed E-state index contributed by atoms with van der Waals surface area (Å²) in [6, 6.07) is 27.8. The van der Waals surface area contributed by atoms with Gasteiger partial charge in [-0.3, -0.25) is 14.4 Å². The maximum Gasteiger partial charge on any atom is 0.258 e. The van der Waals surface area contributed by atoms with Crippen molar-refractivity contribution in [3.8, 4) is 22.5 Å². The van der Waals surface area contributed by atoms with E-state index in [4.69, 9.17) is 5.73 Å². The Balaban J connectivity index is 0.000000165. The predicted molar refractivity (Wildman–Crippen MR) is 216 cm³/mol. The maximum atomic E-state index is 13.0. The van der Waals surface area contributed by atoms with Crippen molar-refractivity contribution in [1.82, 2.24) is 9.97 Å². The Hall–Kier alpha value is -5.65. The predicted octanol–water partition coefficient (Wildman–Crippen LogP) is 8.80. The summed E-state index contributed by atoms with van der Waals surface area (Å²) in [4.78, 5) is 52.1. The number of nitrogen functional groups attached to an aromatic ring is 1. The number of amides is 3. The zero-order chi connectivity index (χ0) is 37.4. The second kappa shape index (κ2) is 14.8. The number of aryl methyl sites for hydroxylation is 4. The molecule has 0 saturated carbocycles. The molecule has 0 aliphatic carbocycles. The third-order valence-electron chi connectivity index (χ3n) is 9.63. The van der Waals surface area contributed by atoms with Gasteiger partial charge in [0, 0.05) is 63.4 Å². The first-order valence-corrected chi connectivity index (χ1v) is 19.1. The molecule has 268 valence electrons. The molecule has 0 fully saturated rings. The fourth-order valence-corrected chi connectivity index (χ4v) is 8.58. The lowest BCUT2D eigenvalue weighted by Gasteiger charge is -2.18. The summed E-state index contributed by atoms with van der Waals surface area (Å²) in [5, 5.41) is 3.94. The van der Waals surface area contributed by atoms with Gasteiger partial charge in [-0.2, -0.15) is 0 Å². The standard InChI is InChI=1S/C22H21N3O2S.C20H19N3OS/c1-13-6-4-5-7-18(13)21(27)25-11-10-16-12-17(8-9-19(16)25)20-14(2)28-22(24-20)23-15(3)26;1-12-5-3-4-6-16(12)19(24)23-10-9-14-11-15(7-8-17(14)23)18-13(2)25-20(21)22-18/h4-9,12H,10-11H2,1-3H3,(H,23,24,26);3-8,11H,9-10H2,1-2H3,(H2,21,22). The van der Waals surface area contributed by atoms with Crippen LogP contribution in [0.25, 0.3) is 22.5 Å². The number of carbonyl (C=O) groups is 3. The van der Waals surface area contributed by atoms with Gasteiger partial charge in [0.05, 0.1) is 11.4 Å². The number of hydrogen-bond acceptors (Lipinski definition) is 8. The summed E-state index contributed by atoms with van der Waals surface area (Å²) in [5.41, 5.74) is 17.5. The zero-order valence-corrected chi connectivity index (χ0v) is 32.0. The van der Waals surface area contributed by atoms with E-state index < -0.39 is 0 Å². The molecule has 6 aromatic rings. The van der Waals surface area contributed by atoms with E-state index in [9.17, 15) is 14.4 Å². The van der Waals surface area contributed by atoms with Crippen LogP contribution in [0, 0.1) is 27.7 Å². The molecule has 53 heavy (non-hydrogen) atoms. The van der Waals surface area contributed by atoms with Crippen molar-refractivity contribution in [2.75, 3.05) is 33.9 Å². The van der Waals surface area contributed by atoms with Gasteiger partial charge in [0.1, 0.15) is 0 Å². The van der Waals surface area contributed by atoms with Crippen molar-refractivity contribution in [1.29, 1.82) is 0 Å². The van der Waals surface area contributed by atoms with E-state index in [2.05, 4.69) is 27.4 Å². The molecule has 4 heterocycles. The lowest BCUT2D eigenvalue weighted by Crippen LogP contribution is -2.29. The molecule has 0 spiro atoms. The van der Waals surface area contributed by atoms with Crippen LogP contribution in [0.15, 0.2) is 84.9 Å². The quantitative estimate of drug-likeness (QED) is 0.182. The van der Waals surface area contributed by atoms with Crippen LogP contribution in [0.5, 0.6) is 0 Å². The molecule has 8 rings (SSSR count). The van der Waals surface area contributed by atoms with Crippen LogP contribution in [0.4, 0.5) is 21.6 Å². The molecule has 3 amide bonds. The summed E-state index contributed by atoms with van der Waals surface area (Å²) >= 11 is 2.97. The first kappa shape index (κ1) is 35.7. The molecule has 0 atom stereocenters. The molecule has 0 unspecified atom stereocenters. The summed E-state index contributed by atoms with van der Waals surface area (Å²) in [6.07, 6.45) is 1.68. The fraction of sp³-hybridized carbons (Fsp3) is 0.214. The lowest BCUT2D eigenvalue weighted by molar-refractivity contribution is -0.114. The van der Waals surface area contributed by atoms with Gasteiger partial charge in [-0.25, -0.2) is 9.97 Å². The number of nitrogens with one attached hydrogen (secondary N) is 1. The van der Waals surface area contributed by atoms with Gasteiger partial charge in [-0.1, -0.05) is 48.5 Å². The molecule has 4 aromatic carbocycles. The summed E-state index contributed by atoms with van der Waals surface area (Å²) in [7, 11) is 0. The minimum atomic E-state index is -0.125. The Morgan fingerprint density at radius 1 is 0.660 bits per heavy atom. The van der Waals surface area contributed by atoms with Gasteiger partial charge in [-0.15, -0.1) is 22.7 Å². The van der Waals surface area contributed by atoms with Crippen LogP contribution in [0.1, 0.15) is 59.6 Å². The van der Waals surface area contributed by atoms with Gasteiger partial charge in [0.15, 0.2) is 10.3 Å². The Kier molecular flexibility index (Phi) is 9.96. The van der Waals surface area contributed by atoms with Gasteiger partial charge in [-0.05, 0) is 99.2 Å². The van der Waals surface area contributed by atoms with Crippen molar-refractivity contribution in [3.05, 3.63) is 128 Å². The van der Waals surface area contributed by atoms with Crippen LogP contribution in [0.2, 0.25) is 0 Å². The Labute approximate surface area is 317 Å². The van der Waals surface area contributed by atoms with Crippen LogP contribution in [0.3, 0.4) is 0 Å². The first-order chi connectivity index (χ1) is 25.5. The number of thiazole rings is 2. The van der Waals surface area contributed by atoms with Crippen LogP contribution < -0.4 is 20.9 Å². The molecular weight excluding hydrogens is 701 g/mol. The molecule has 0 radical (unpaired) electrons. The van der Waals surface area contributed by atoms with E-state index in [0.717, 1.165) is 84.3 Å². The van der Waals surface area contributed by atoms with E-state index >= 15 is 0 Å². The molecular formula is C42H40N6O3S2. The smallest absolute Gasteiger partial charge is 0.258 e. The normalized spacial score (nSPS) is 12.9. The molecule has 0 saturated heterocycles. The number of nitrogens with zero attached hydrogens (tertiary/aromatic N) is 4. The van der Waals surface area contributed by atoms with Crippen molar-refractivity contribution in [2.24, 2.45) is 0 Å². The number of aromatic nitrogens is 2. The third kappa shape index (κ3) is 7.22. The highest BCUT2D eigenvalue weighted by molar-refractivity contribution is 7.16. The van der Waals surface area contributed by atoms with Gasteiger partial charge in [0.25, 0.3) is 11.8 Å². The molecule has 2 aliphatic rings. The van der Waals surface area contributed by atoms with Crippen LogP contribution in [-0.4, -0.2) is 40.8 Å². The molecule has 0 bridgehead atoms. The number of benzene rings is 4. The molecule has 2 aliphatic heterocycles. The van der Waals surface area contributed by atoms with Crippen molar-refractivity contribution in [2.45, 2.75) is 47.5 Å². The minimum absolute atomic E-state index is 0.0439. The van der Waals surface area contributed by atoms with Crippen LogP contribution in [-0.2, 0) is 17.6 Å². The molecule has 2 aromatic heterocycles. The Morgan fingerprint density at radius 3 is 1.58 bits per heavy atom. The van der Waals surface area contributed by atoms with E-state index in [1.54, 1.807) is 0 Å². The SMILES string of the molecule is CC(=O)Nc1nc(-c2ccc3c(c2)CCN3C(=O)c2ccccc2C)c(C)s1.Cc1ccccc1C(=O)N1CCc2cc(-c3nc(N)sc3C)ccc21. The minimum Gasteiger partial charge on any atom is -0.375 e. The van der Waals surface area contributed by atoms with E-state index in [1.165, 1.54) is 35.2 Å². The molecule has 9 nitrogen and oxygen atoms in total. The average molecular weight is 741 g/mol. The number of rotatable bonds is 5. The number of nitrogens with two attached hydrogens (primary N) is 1. The second-order valence-corrected chi connectivity index (χ2v) is 15.7. The summed E-state index contributed by atoms with van der Waals surface area (Å²) < 4.78 is 0. The summed E-state index contributed by atoms with van der Waals surface area (Å²) in [5.74, 6) is -0.0133. The highest BCUT2D eigenvalue weighted by Crippen LogP contribution is 2.38. The monoisotopic (exact) mass is 740 g/mol. The molecule has 11 heteroatoms. The second-order valence-electron chi connectivity index (χ2n) is 13.3. The highest BCUT2D eigenvalue weighted by atomic mass is 32.1. The number of carbonyl (C=O) groups excluding carboxylic acids is 3. The fourth-order valence-electron chi connectivity index (χ4n) is 6.99. The first-order valence-electron chi connectivity index (χ1n) is 17.5. The topological polar surface area (TPSA) is 122 Å². The largest absolute Gasteiger partial charge is 0.375 e. The number of fused-ring (bicyclic) bond motifs is 2. The van der Waals surface area contributed by atoms with Gasteiger partial charge >= 0.3 is 0 Å². The van der Waals surface area contributed by atoms with Crippen molar-refractivity contribution in [3.63, 3.8) is 0 Å². The van der Waals surface area contributed by atoms with Crippen molar-refractivity contribution >= 4 is 62.0 Å². The average Bonchev–Trinajstić information content (AvgIpc) is 3.92. The Bertz CT molecular complexity index is 2400. The lowest BCUT2D eigenvalue weighted by atomic mass is 10.0. The number of anilines is 4. The Morgan fingerprint density at radius 2 is 1.13 bits per heavy atom. The summed E-state index contributed by atoms with van der Waals surface area (Å²) in [6.45, 7) is 10.8. The van der Waals surface area contributed by atoms with Gasteiger partial charge in [0.2, 0.25) is 5.91 Å². The van der Waals surface area contributed by atoms with Gasteiger partial charge < -0.3 is 20.9 Å². The van der Waals surface area contributed by atoms with E-state index in [0.29, 0.717) is 23.4 Å². The number of hydrogen-bond donors (Lipinski definition) is 2. The van der Waals surface area contributed by atoms with E-state index in [1.807, 2.05) is 110 Å².